The summed E-state index contributed by atoms with van der Waals surface area (Å²) in [5, 5.41) is 9.20. The number of rotatable bonds is 15. The fraction of sp³-hybridized carbons (Fsp3) is 0.440. The monoisotopic (exact) mass is 477 g/mol. The Morgan fingerprint density at radius 2 is 1.53 bits per heavy atom. The number of nitrogens with zero attached hydrogens (tertiary/aromatic N) is 1. The number of benzene rings is 2. The summed E-state index contributed by atoms with van der Waals surface area (Å²) in [7, 11) is 0. The predicted octanol–water partition coefficient (Wildman–Crippen LogP) is 4.16. The van der Waals surface area contributed by atoms with Gasteiger partial charge in [-0.05, 0) is 62.2 Å². The summed E-state index contributed by atoms with van der Waals surface area (Å²) in [6, 6.07) is 12.9. The molecule has 0 saturated heterocycles. The molecular formula is C25H32FNO7. The highest BCUT2D eigenvalue weighted by molar-refractivity contribution is 5.72. The smallest absolute Gasteiger partial charge is 0.409 e. The Hall–Kier alpha value is -3.33. The normalized spacial score (nSPS) is 11.5. The molecule has 0 heterocycles. The molecule has 2 aromatic carbocycles. The molecule has 34 heavy (non-hydrogen) atoms. The van der Waals surface area contributed by atoms with Crippen molar-refractivity contribution in [3.05, 3.63) is 59.9 Å². The van der Waals surface area contributed by atoms with Crippen LogP contribution in [-0.4, -0.2) is 67.7 Å². The van der Waals surface area contributed by atoms with Crippen LogP contribution in [0.2, 0.25) is 0 Å². The van der Waals surface area contributed by atoms with Crippen molar-refractivity contribution < 1.29 is 38.0 Å². The highest BCUT2D eigenvalue weighted by atomic mass is 19.1. The van der Waals surface area contributed by atoms with Gasteiger partial charge >= 0.3 is 12.1 Å². The summed E-state index contributed by atoms with van der Waals surface area (Å²) >= 11 is 0. The highest BCUT2D eigenvalue weighted by Crippen LogP contribution is 2.15. The Labute approximate surface area is 199 Å². The van der Waals surface area contributed by atoms with E-state index >= 15 is 0 Å². The molecule has 0 saturated carbocycles. The van der Waals surface area contributed by atoms with Crippen LogP contribution in [0.15, 0.2) is 48.5 Å². The van der Waals surface area contributed by atoms with E-state index < -0.39 is 18.2 Å². The van der Waals surface area contributed by atoms with E-state index in [1.165, 1.54) is 12.1 Å². The fourth-order valence-corrected chi connectivity index (χ4v) is 3.11. The Bertz CT molecular complexity index is 874. The molecule has 0 aliphatic carbocycles. The van der Waals surface area contributed by atoms with E-state index in [2.05, 4.69) is 0 Å². The molecule has 8 nitrogen and oxygen atoms in total. The lowest BCUT2D eigenvalue weighted by Crippen LogP contribution is -2.36. The molecule has 0 bridgehead atoms. The van der Waals surface area contributed by atoms with Crippen LogP contribution in [-0.2, 0) is 20.7 Å². The highest BCUT2D eigenvalue weighted by Gasteiger charge is 2.18. The number of halogens is 1. The number of hydrogen-bond acceptors (Lipinski definition) is 6. The molecular weight excluding hydrogens is 445 g/mol. The maximum atomic E-state index is 13.0. The lowest BCUT2D eigenvalue weighted by Gasteiger charge is -2.22. The first-order chi connectivity index (χ1) is 16.4. The zero-order valence-corrected chi connectivity index (χ0v) is 19.6. The third kappa shape index (κ3) is 9.66. The SMILES string of the molecule is CCOC(=O)N(CCCOc1ccc(F)cc1)CCOc1ccc(CC(OCC)C(=O)O)cc1. The van der Waals surface area contributed by atoms with Crippen LogP contribution in [0.4, 0.5) is 9.18 Å². The summed E-state index contributed by atoms with van der Waals surface area (Å²) in [4.78, 5) is 25.0. The van der Waals surface area contributed by atoms with Crippen molar-refractivity contribution in [2.24, 2.45) is 0 Å². The number of hydrogen-bond donors (Lipinski definition) is 1. The van der Waals surface area contributed by atoms with Crippen molar-refractivity contribution in [2.75, 3.05) is 39.5 Å². The minimum absolute atomic E-state index is 0.258. The van der Waals surface area contributed by atoms with Crippen molar-refractivity contribution in [3.63, 3.8) is 0 Å². The molecule has 0 radical (unpaired) electrons. The summed E-state index contributed by atoms with van der Waals surface area (Å²) < 4.78 is 34.6. The number of carboxylic acids is 1. The summed E-state index contributed by atoms with van der Waals surface area (Å²) in [5.74, 6) is -0.156. The maximum absolute atomic E-state index is 13.0. The molecule has 186 valence electrons. The molecule has 1 N–H and O–H groups in total. The van der Waals surface area contributed by atoms with Gasteiger partial charge in [0.2, 0.25) is 0 Å². The number of ether oxygens (including phenoxy) is 4. The second-order valence-electron chi connectivity index (χ2n) is 7.32. The van der Waals surface area contributed by atoms with Crippen molar-refractivity contribution in [1.29, 1.82) is 0 Å². The van der Waals surface area contributed by atoms with Gasteiger partial charge in [0, 0.05) is 19.6 Å². The van der Waals surface area contributed by atoms with Gasteiger partial charge < -0.3 is 29.0 Å². The summed E-state index contributed by atoms with van der Waals surface area (Å²) in [6.07, 6.45) is -0.490. The first-order valence-corrected chi connectivity index (χ1v) is 11.3. The fourth-order valence-electron chi connectivity index (χ4n) is 3.11. The molecule has 1 atom stereocenters. The molecule has 0 aromatic heterocycles. The Balaban J connectivity index is 1.79. The van der Waals surface area contributed by atoms with Gasteiger partial charge in [-0.2, -0.15) is 0 Å². The van der Waals surface area contributed by atoms with Crippen molar-refractivity contribution in [3.8, 4) is 11.5 Å². The number of carboxylic acid groups (broad SMARTS) is 1. The van der Waals surface area contributed by atoms with Crippen LogP contribution in [0, 0.1) is 5.82 Å². The van der Waals surface area contributed by atoms with Crippen LogP contribution in [0.5, 0.6) is 11.5 Å². The Kier molecular flexibility index (Phi) is 11.7. The van der Waals surface area contributed by atoms with E-state index in [-0.39, 0.29) is 25.5 Å². The Morgan fingerprint density at radius 3 is 2.12 bits per heavy atom. The van der Waals surface area contributed by atoms with E-state index in [0.717, 1.165) is 5.56 Å². The molecule has 0 spiro atoms. The van der Waals surface area contributed by atoms with E-state index in [4.69, 9.17) is 18.9 Å². The molecule has 0 aliphatic rings. The molecule has 0 aliphatic heterocycles. The summed E-state index contributed by atoms with van der Waals surface area (Å²) in [6.45, 7) is 5.45. The van der Waals surface area contributed by atoms with Gasteiger partial charge in [-0.25, -0.2) is 14.0 Å². The van der Waals surface area contributed by atoms with Gasteiger partial charge in [-0.3, -0.25) is 0 Å². The number of amides is 1. The molecule has 0 fully saturated rings. The first-order valence-electron chi connectivity index (χ1n) is 11.3. The zero-order chi connectivity index (χ0) is 24.8. The zero-order valence-electron chi connectivity index (χ0n) is 19.6. The molecule has 9 heteroatoms. The van der Waals surface area contributed by atoms with E-state index in [1.807, 2.05) is 0 Å². The largest absolute Gasteiger partial charge is 0.494 e. The third-order valence-corrected chi connectivity index (χ3v) is 4.80. The van der Waals surface area contributed by atoms with Crippen molar-refractivity contribution in [2.45, 2.75) is 32.8 Å². The second kappa shape index (κ2) is 14.7. The van der Waals surface area contributed by atoms with Crippen LogP contribution < -0.4 is 9.47 Å². The molecule has 1 amide bonds. The number of carbonyl (C=O) groups excluding carboxylic acids is 1. The van der Waals surface area contributed by atoms with E-state index in [9.17, 15) is 19.1 Å². The summed E-state index contributed by atoms with van der Waals surface area (Å²) in [5.41, 5.74) is 0.822. The average molecular weight is 478 g/mol. The minimum Gasteiger partial charge on any atom is -0.494 e. The topological polar surface area (TPSA) is 94.5 Å². The molecule has 1 unspecified atom stereocenters. The lowest BCUT2D eigenvalue weighted by molar-refractivity contribution is -0.149. The van der Waals surface area contributed by atoms with Gasteiger partial charge in [-0.15, -0.1) is 0 Å². The van der Waals surface area contributed by atoms with E-state index in [1.54, 1.807) is 55.1 Å². The van der Waals surface area contributed by atoms with Crippen LogP contribution in [0.3, 0.4) is 0 Å². The minimum atomic E-state index is -0.996. The van der Waals surface area contributed by atoms with Gasteiger partial charge in [0.15, 0.2) is 6.10 Å². The third-order valence-electron chi connectivity index (χ3n) is 4.80. The number of aliphatic carboxylic acids is 1. The van der Waals surface area contributed by atoms with Crippen LogP contribution in [0.1, 0.15) is 25.8 Å². The van der Waals surface area contributed by atoms with Gasteiger partial charge in [0.25, 0.3) is 0 Å². The van der Waals surface area contributed by atoms with E-state index in [0.29, 0.717) is 44.2 Å². The molecule has 2 rings (SSSR count). The predicted molar refractivity (Wildman–Crippen MR) is 124 cm³/mol. The van der Waals surface area contributed by atoms with Gasteiger partial charge in [0.05, 0.1) is 19.8 Å². The van der Waals surface area contributed by atoms with Crippen LogP contribution in [0.25, 0.3) is 0 Å². The van der Waals surface area contributed by atoms with Crippen molar-refractivity contribution >= 4 is 12.1 Å². The quantitative estimate of drug-likeness (QED) is 0.385. The number of carbonyl (C=O) groups is 2. The first kappa shape index (κ1) is 26.9. The standard InChI is InChI=1S/C25H32FNO7/c1-3-31-23(24(28)29)18-19-6-10-21(11-7-19)34-17-15-27(25(30)32-4-2)14-5-16-33-22-12-8-20(26)9-13-22/h6-13,23H,3-5,14-18H2,1-2H3,(H,28,29). The van der Waals surface area contributed by atoms with Crippen LogP contribution >= 0.6 is 0 Å². The lowest BCUT2D eigenvalue weighted by atomic mass is 10.1. The maximum Gasteiger partial charge on any atom is 0.409 e. The second-order valence-corrected chi connectivity index (χ2v) is 7.32. The van der Waals surface area contributed by atoms with Gasteiger partial charge in [-0.1, -0.05) is 12.1 Å². The van der Waals surface area contributed by atoms with Crippen molar-refractivity contribution in [1.82, 2.24) is 4.90 Å². The van der Waals surface area contributed by atoms with Gasteiger partial charge in [0.1, 0.15) is 23.9 Å². The Morgan fingerprint density at radius 1 is 0.912 bits per heavy atom. The average Bonchev–Trinajstić information content (AvgIpc) is 2.82. The molecule has 2 aromatic rings.